The van der Waals surface area contributed by atoms with E-state index < -0.39 is 0 Å². The molecule has 98 valence electrons. The smallest absolute Gasteiger partial charge is 0.273 e. The van der Waals surface area contributed by atoms with Crippen LogP contribution in [0, 0.1) is 16.0 Å². The maximum absolute atomic E-state index is 10.8. The first-order valence-corrected chi connectivity index (χ1v) is 6.40. The van der Waals surface area contributed by atoms with E-state index >= 15 is 0 Å². The van der Waals surface area contributed by atoms with E-state index in [1.54, 1.807) is 13.1 Å². The predicted molar refractivity (Wildman–Crippen MR) is 73.1 cm³/mol. The van der Waals surface area contributed by atoms with Crippen molar-refractivity contribution >= 4 is 17.1 Å². The van der Waals surface area contributed by atoms with Crippen molar-refractivity contribution in [2.45, 2.75) is 25.7 Å². The van der Waals surface area contributed by atoms with Crippen molar-refractivity contribution in [1.82, 2.24) is 0 Å². The molecule has 1 aromatic rings. The van der Waals surface area contributed by atoms with Crippen LogP contribution in [0.5, 0.6) is 0 Å². The molecule has 18 heavy (non-hydrogen) atoms. The van der Waals surface area contributed by atoms with E-state index in [0.29, 0.717) is 0 Å². The molecule has 5 nitrogen and oxygen atoms in total. The summed E-state index contributed by atoms with van der Waals surface area (Å²) in [7, 11) is 1.76. The Bertz CT molecular complexity index is 430. The van der Waals surface area contributed by atoms with Gasteiger partial charge in [-0.25, -0.2) is 0 Å². The summed E-state index contributed by atoms with van der Waals surface area (Å²) in [5, 5.41) is 17.0. The lowest BCUT2D eigenvalue weighted by Crippen LogP contribution is -2.03. The van der Waals surface area contributed by atoms with Gasteiger partial charge in [0.05, 0.1) is 4.92 Å². The van der Waals surface area contributed by atoms with Crippen molar-refractivity contribution in [2.75, 3.05) is 24.2 Å². The quantitative estimate of drug-likeness (QED) is 0.442. The second-order valence-electron chi connectivity index (χ2n) is 4.79. The normalized spacial score (nSPS) is 14.3. The van der Waals surface area contributed by atoms with Crippen LogP contribution in [0.2, 0.25) is 0 Å². The maximum Gasteiger partial charge on any atom is 0.273 e. The van der Waals surface area contributed by atoms with E-state index in [4.69, 9.17) is 0 Å². The van der Waals surface area contributed by atoms with Gasteiger partial charge in [0.2, 0.25) is 0 Å². The van der Waals surface area contributed by atoms with Gasteiger partial charge in [-0.1, -0.05) is 12.8 Å². The zero-order valence-corrected chi connectivity index (χ0v) is 10.6. The molecular weight excluding hydrogens is 230 g/mol. The van der Waals surface area contributed by atoms with Crippen LogP contribution in [0.25, 0.3) is 0 Å². The average molecular weight is 249 g/mol. The summed E-state index contributed by atoms with van der Waals surface area (Å²) in [5.41, 5.74) is 1.68. The van der Waals surface area contributed by atoms with Gasteiger partial charge in [0.25, 0.3) is 5.69 Å². The van der Waals surface area contributed by atoms with Crippen LogP contribution in [0.4, 0.5) is 17.1 Å². The number of benzene rings is 1. The number of nitrogens with zero attached hydrogens (tertiary/aromatic N) is 1. The molecule has 0 atom stereocenters. The Hall–Kier alpha value is -1.78. The summed E-state index contributed by atoms with van der Waals surface area (Å²) in [4.78, 5) is 10.4. The highest BCUT2D eigenvalue weighted by atomic mass is 16.6. The molecule has 0 bridgehead atoms. The summed E-state index contributed by atoms with van der Waals surface area (Å²) in [5.74, 6) is 0.935. The van der Waals surface area contributed by atoms with Crippen molar-refractivity contribution < 1.29 is 4.92 Å². The van der Waals surface area contributed by atoms with E-state index in [1.165, 1.54) is 25.3 Å². The van der Waals surface area contributed by atoms with Crippen LogP contribution in [0.15, 0.2) is 18.2 Å². The molecule has 0 amide bonds. The van der Waals surface area contributed by atoms with Crippen LogP contribution in [0.1, 0.15) is 25.7 Å². The Balaban J connectivity index is 1.92. The molecule has 0 radical (unpaired) electrons. The molecule has 0 spiro atoms. The lowest BCUT2D eigenvalue weighted by molar-refractivity contribution is -0.384. The van der Waals surface area contributed by atoms with Gasteiger partial charge in [-0.3, -0.25) is 10.1 Å². The molecule has 0 saturated heterocycles. The molecule has 0 aromatic heterocycles. The minimum absolute atomic E-state index is 0.117. The van der Waals surface area contributed by atoms with Gasteiger partial charge in [-0.15, -0.1) is 0 Å². The molecule has 0 heterocycles. The standard InChI is InChI=1S/C13H19N3O2/c1-14-11-7-12(9-13(8-11)16(17)18)15-6-2-3-10-4-5-10/h7-10,14-15H,2-6H2,1H3. The summed E-state index contributed by atoms with van der Waals surface area (Å²) in [6.45, 7) is 0.876. The van der Waals surface area contributed by atoms with Gasteiger partial charge in [0.15, 0.2) is 0 Å². The fourth-order valence-electron chi connectivity index (χ4n) is 1.99. The molecule has 0 unspecified atom stereocenters. The molecule has 2 rings (SSSR count). The van der Waals surface area contributed by atoms with E-state index in [1.807, 2.05) is 6.07 Å². The second kappa shape index (κ2) is 5.71. The zero-order valence-electron chi connectivity index (χ0n) is 10.6. The first-order valence-electron chi connectivity index (χ1n) is 6.40. The highest BCUT2D eigenvalue weighted by molar-refractivity contribution is 5.63. The largest absolute Gasteiger partial charge is 0.388 e. The Labute approximate surface area is 107 Å². The van der Waals surface area contributed by atoms with Gasteiger partial charge in [0.1, 0.15) is 0 Å². The maximum atomic E-state index is 10.8. The minimum atomic E-state index is -0.365. The van der Waals surface area contributed by atoms with E-state index in [-0.39, 0.29) is 10.6 Å². The highest BCUT2D eigenvalue weighted by Gasteiger charge is 2.19. The van der Waals surface area contributed by atoms with Crippen molar-refractivity contribution in [3.8, 4) is 0 Å². The fraction of sp³-hybridized carbons (Fsp3) is 0.538. The number of hydrogen-bond acceptors (Lipinski definition) is 4. The average Bonchev–Trinajstić information content (AvgIpc) is 3.18. The predicted octanol–water partition coefficient (Wildman–Crippen LogP) is 3.24. The third-order valence-electron chi connectivity index (χ3n) is 3.23. The van der Waals surface area contributed by atoms with Gasteiger partial charge >= 0.3 is 0 Å². The Kier molecular flexibility index (Phi) is 4.02. The molecule has 1 fully saturated rings. The summed E-state index contributed by atoms with van der Waals surface area (Å²) in [6.07, 6.45) is 5.14. The number of nitro benzene ring substituents is 1. The molecule has 1 aromatic carbocycles. The van der Waals surface area contributed by atoms with Gasteiger partial charge in [-0.2, -0.15) is 0 Å². The fourth-order valence-corrected chi connectivity index (χ4v) is 1.99. The Morgan fingerprint density at radius 2 is 2.06 bits per heavy atom. The Morgan fingerprint density at radius 3 is 2.67 bits per heavy atom. The zero-order chi connectivity index (χ0) is 13.0. The van der Waals surface area contributed by atoms with Crippen LogP contribution in [-0.2, 0) is 0 Å². The molecular formula is C13H19N3O2. The molecule has 5 heteroatoms. The first-order chi connectivity index (χ1) is 8.69. The number of anilines is 2. The van der Waals surface area contributed by atoms with Crippen molar-refractivity contribution in [3.63, 3.8) is 0 Å². The summed E-state index contributed by atoms with van der Waals surface area (Å²) >= 11 is 0. The van der Waals surface area contributed by atoms with Crippen molar-refractivity contribution in [1.29, 1.82) is 0 Å². The Morgan fingerprint density at radius 1 is 1.33 bits per heavy atom. The van der Waals surface area contributed by atoms with Crippen LogP contribution < -0.4 is 10.6 Å². The van der Waals surface area contributed by atoms with Gasteiger partial charge in [-0.05, 0) is 24.8 Å². The van der Waals surface area contributed by atoms with Gasteiger partial charge in [0, 0.05) is 37.1 Å². The second-order valence-corrected chi connectivity index (χ2v) is 4.79. The van der Waals surface area contributed by atoms with E-state index in [9.17, 15) is 10.1 Å². The summed E-state index contributed by atoms with van der Waals surface area (Å²) < 4.78 is 0. The number of non-ortho nitro benzene ring substituents is 1. The summed E-state index contributed by atoms with van der Waals surface area (Å²) in [6, 6.07) is 5.01. The van der Waals surface area contributed by atoms with Crippen molar-refractivity contribution in [3.05, 3.63) is 28.3 Å². The third kappa shape index (κ3) is 3.61. The number of hydrogen-bond donors (Lipinski definition) is 2. The number of nitrogens with one attached hydrogen (secondary N) is 2. The minimum Gasteiger partial charge on any atom is -0.388 e. The van der Waals surface area contributed by atoms with Gasteiger partial charge < -0.3 is 10.6 Å². The lowest BCUT2D eigenvalue weighted by Gasteiger charge is -2.08. The topological polar surface area (TPSA) is 67.2 Å². The third-order valence-corrected chi connectivity index (χ3v) is 3.23. The monoisotopic (exact) mass is 249 g/mol. The van der Waals surface area contributed by atoms with Crippen molar-refractivity contribution in [2.24, 2.45) is 5.92 Å². The van der Waals surface area contributed by atoms with Crippen LogP contribution >= 0.6 is 0 Å². The lowest BCUT2D eigenvalue weighted by atomic mass is 10.2. The van der Waals surface area contributed by atoms with E-state index in [2.05, 4.69) is 10.6 Å². The molecule has 1 aliphatic carbocycles. The van der Waals surface area contributed by atoms with E-state index in [0.717, 1.165) is 30.3 Å². The molecule has 1 saturated carbocycles. The molecule has 2 N–H and O–H groups in total. The molecule has 1 aliphatic rings. The van der Waals surface area contributed by atoms with Crippen LogP contribution in [0.3, 0.4) is 0 Å². The van der Waals surface area contributed by atoms with Crippen LogP contribution in [-0.4, -0.2) is 18.5 Å². The highest BCUT2D eigenvalue weighted by Crippen LogP contribution is 2.33. The first kappa shape index (κ1) is 12.7. The number of rotatable bonds is 7. The number of nitro groups is 1. The molecule has 0 aliphatic heterocycles. The SMILES string of the molecule is CNc1cc(NCCCC2CC2)cc([N+](=O)[O-])c1.